The van der Waals surface area contributed by atoms with E-state index < -0.39 is 12.1 Å². The lowest BCUT2D eigenvalue weighted by Gasteiger charge is -2.34. The maximum absolute atomic E-state index is 12.6. The van der Waals surface area contributed by atoms with Gasteiger partial charge in [0.15, 0.2) is 5.96 Å². The zero-order chi connectivity index (χ0) is 21.2. The second kappa shape index (κ2) is 8.48. The Balaban J connectivity index is 2.38. The van der Waals surface area contributed by atoms with Crippen molar-refractivity contribution in [1.82, 2.24) is 4.90 Å². The fraction of sp³-hybridized carbons (Fsp3) is 0.737. The van der Waals surface area contributed by atoms with Crippen LogP contribution in [0.1, 0.15) is 27.2 Å². The van der Waals surface area contributed by atoms with E-state index in [0.717, 1.165) is 25.1 Å². The molecule has 6 unspecified atom stereocenters. The number of methoxy groups -OCH3 is 1. The van der Waals surface area contributed by atoms with Crippen LogP contribution in [0.3, 0.4) is 0 Å². The quantitative estimate of drug-likeness (QED) is 0.173. The Hall–Kier alpha value is -2.13. The van der Waals surface area contributed by atoms with Crippen molar-refractivity contribution >= 4 is 18.3 Å². The largest absolute Gasteiger partial charge is 0.464 e. The van der Waals surface area contributed by atoms with Crippen molar-refractivity contribution in [3.05, 3.63) is 11.3 Å². The van der Waals surface area contributed by atoms with Gasteiger partial charge in [-0.25, -0.2) is 9.79 Å². The maximum Gasteiger partial charge on any atom is 0.354 e. The molecule has 2 aliphatic heterocycles. The Bertz CT molecular complexity index is 673. The highest BCUT2D eigenvalue weighted by molar-refractivity contribution is 5.92. The predicted molar refractivity (Wildman–Crippen MR) is 106 cm³/mol. The third kappa shape index (κ3) is 4.30. The number of aliphatic hydroxyl groups is 1. The molecular weight excluding hydrogens is 362 g/mol. The number of amides is 1. The molecule has 0 saturated carbocycles. The van der Waals surface area contributed by atoms with Crippen LogP contribution >= 0.6 is 0 Å². The number of hydrogen-bond donors (Lipinski definition) is 3. The first kappa shape index (κ1) is 22.2. The maximum atomic E-state index is 12.6. The van der Waals surface area contributed by atoms with Crippen LogP contribution in [0.4, 0.5) is 0 Å². The van der Waals surface area contributed by atoms with Crippen LogP contribution in [-0.2, 0) is 14.3 Å². The molecule has 2 heterocycles. The zero-order valence-corrected chi connectivity index (χ0v) is 17.5. The van der Waals surface area contributed by atoms with E-state index in [-0.39, 0.29) is 29.9 Å². The van der Waals surface area contributed by atoms with E-state index in [1.165, 1.54) is 12.0 Å². The molecular formula is C19H34N5O4+. The van der Waals surface area contributed by atoms with Crippen LogP contribution in [0, 0.1) is 11.8 Å². The molecule has 0 radical (unpaired) electrons. The number of carbonyl (C=O) groups is 2. The normalized spacial score (nSPS) is 32.2. The summed E-state index contributed by atoms with van der Waals surface area (Å²) in [4.78, 5) is 30.2. The molecule has 158 valence electrons. The van der Waals surface area contributed by atoms with Gasteiger partial charge in [0, 0.05) is 29.9 Å². The summed E-state index contributed by atoms with van der Waals surface area (Å²) in [5, 5.41) is 10.1. The monoisotopic (exact) mass is 396 g/mol. The van der Waals surface area contributed by atoms with Crippen LogP contribution < -0.4 is 11.5 Å². The van der Waals surface area contributed by atoms with Gasteiger partial charge in [0.2, 0.25) is 6.41 Å². The molecule has 2 rings (SSSR count). The minimum Gasteiger partial charge on any atom is -0.464 e. The van der Waals surface area contributed by atoms with Gasteiger partial charge in [-0.1, -0.05) is 13.8 Å². The molecule has 5 N–H and O–H groups in total. The molecule has 9 nitrogen and oxygen atoms in total. The van der Waals surface area contributed by atoms with E-state index >= 15 is 0 Å². The Labute approximate surface area is 166 Å². The molecule has 0 bridgehead atoms. The number of rotatable bonds is 7. The van der Waals surface area contributed by atoms with Gasteiger partial charge in [0.05, 0.1) is 26.8 Å². The van der Waals surface area contributed by atoms with Crippen molar-refractivity contribution in [2.45, 2.75) is 45.4 Å². The van der Waals surface area contributed by atoms with Crippen molar-refractivity contribution in [3.8, 4) is 0 Å². The molecule has 1 fully saturated rings. The molecule has 1 amide bonds. The number of hydrogen-bond acceptors (Lipinski definition) is 5. The molecule has 9 heteroatoms. The number of aliphatic imine (C=N–C) groups is 1. The van der Waals surface area contributed by atoms with Gasteiger partial charge < -0.3 is 30.7 Å². The summed E-state index contributed by atoms with van der Waals surface area (Å²) in [6, 6.07) is -0.257. The Morgan fingerprint density at radius 2 is 2.11 bits per heavy atom. The summed E-state index contributed by atoms with van der Waals surface area (Å²) in [5.74, 6) is -0.725. The lowest BCUT2D eigenvalue weighted by Crippen LogP contribution is -2.45. The highest BCUT2D eigenvalue weighted by atomic mass is 16.5. The number of nitrogens with zero attached hydrogens (tertiary/aromatic N) is 3. The van der Waals surface area contributed by atoms with Gasteiger partial charge in [-0.05, 0) is 6.92 Å². The smallest absolute Gasteiger partial charge is 0.354 e. The third-order valence-electron chi connectivity index (χ3n) is 6.27. The van der Waals surface area contributed by atoms with Gasteiger partial charge in [-0.15, -0.1) is 0 Å². The number of carbonyl (C=O) groups excluding carboxylic acids is 2. The molecule has 1 saturated heterocycles. The highest BCUT2D eigenvalue weighted by Gasteiger charge is 2.48. The van der Waals surface area contributed by atoms with Crippen molar-refractivity contribution in [2.75, 3.05) is 33.8 Å². The Morgan fingerprint density at radius 1 is 1.46 bits per heavy atom. The Kier molecular flexibility index (Phi) is 6.71. The lowest BCUT2D eigenvalue weighted by molar-refractivity contribution is -0.893. The fourth-order valence-corrected chi connectivity index (χ4v) is 4.67. The SMILES string of the molecule is COC(=O)C1=C(C[N+]2(C)CCC(N=C(N)N)C2)C(C)C(C(C)C(C)O)N1C=O. The lowest BCUT2D eigenvalue weighted by atomic mass is 9.85. The molecule has 28 heavy (non-hydrogen) atoms. The predicted octanol–water partition coefficient (Wildman–Crippen LogP) is -0.601. The van der Waals surface area contributed by atoms with Crippen LogP contribution in [0.5, 0.6) is 0 Å². The van der Waals surface area contributed by atoms with Crippen LogP contribution in [-0.4, -0.2) is 84.8 Å². The molecule has 2 aliphatic rings. The summed E-state index contributed by atoms with van der Waals surface area (Å²) in [6.45, 7) is 7.80. The zero-order valence-electron chi connectivity index (χ0n) is 17.5. The highest BCUT2D eigenvalue weighted by Crippen LogP contribution is 2.40. The summed E-state index contributed by atoms with van der Waals surface area (Å²) < 4.78 is 5.65. The fourth-order valence-electron chi connectivity index (χ4n) is 4.67. The van der Waals surface area contributed by atoms with Crippen molar-refractivity contribution in [1.29, 1.82) is 0 Å². The van der Waals surface area contributed by atoms with Crippen LogP contribution in [0.15, 0.2) is 16.3 Å². The summed E-state index contributed by atoms with van der Waals surface area (Å²) in [5.41, 5.74) is 12.2. The van der Waals surface area contributed by atoms with E-state index in [9.17, 15) is 14.7 Å². The molecule has 0 aromatic carbocycles. The van der Waals surface area contributed by atoms with E-state index in [1.807, 2.05) is 13.8 Å². The molecule has 0 aliphatic carbocycles. The van der Waals surface area contributed by atoms with Gasteiger partial charge >= 0.3 is 5.97 Å². The van der Waals surface area contributed by atoms with Gasteiger partial charge in [0.1, 0.15) is 24.8 Å². The second-order valence-corrected chi connectivity index (χ2v) is 8.44. The Morgan fingerprint density at radius 3 is 2.61 bits per heavy atom. The average Bonchev–Trinajstić information content (AvgIpc) is 3.11. The first-order chi connectivity index (χ1) is 13.0. The minimum atomic E-state index is -0.615. The molecule has 6 atom stereocenters. The molecule has 0 aromatic rings. The van der Waals surface area contributed by atoms with Crippen LogP contribution in [0.25, 0.3) is 0 Å². The number of esters is 1. The van der Waals surface area contributed by atoms with E-state index in [1.54, 1.807) is 6.92 Å². The molecule has 0 spiro atoms. The van der Waals surface area contributed by atoms with E-state index in [0.29, 0.717) is 23.1 Å². The topological polar surface area (TPSA) is 131 Å². The number of likely N-dealkylation sites (tertiary alicyclic amines) is 1. The second-order valence-electron chi connectivity index (χ2n) is 8.44. The number of aliphatic hydroxyl groups excluding tert-OH is 1. The number of likely N-dealkylation sites (N-methyl/N-ethyl adjacent to an activating group) is 1. The first-order valence-electron chi connectivity index (χ1n) is 9.70. The van der Waals surface area contributed by atoms with E-state index in [4.69, 9.17) is 16.2 Å². The summed E-state index contributed by atoms with van der Waals surface area (Å²) in [7, 11) is 3.42. The van der Waals surface area contributed by atoms with Crippen molar-refractivity contribution in [3.63, 3.8) is 0 Å². The molecule has 0 aromatic heterocycles. The van der Waals surface area contributed by atoms with Gasteiger partial charge in [0.25, 0.3) is 0 Å². The third-order valence-corrected chi connectivity index (χ3v) is 6.27. The van der Waals surface area contributed by atoms with Crippen molar-refractivity contribution < 1.29 is 23.9 Å². The van der Waals surface area contributed by atoms with Crippen LogP contribution in [0.2, 0.25) is 0 Å². The van der Waals surface area contributed by atoms with E-state index in [2.05, 4.69) is 12.0 Å². The minimum absolute atomic E-state index is 0.0447. The van der Waals surface area contributed by atoms with Gasteiger partial charge in [-0.2, -0.15) is 0 Å². The summed E-state index contributed by atoms with van der Waals surface area (Å²) >= 11 is 0. The number of nitrogens with two attached hydrogens (primary N) is 2. The number of ether oxygens (including phenoxy) is 1. The number of guanidine groups is 1. The van der Waals surface area contributed by atoms with Gasteiger partial charge in [-0.3, -0.25) is 4.79 Å². The standard InChI is InChI=1S/C19H34N5O4/c1-11(13(3)26)16-12(2)15(17(18(27)28-5)23(16)10-25)9-24(4)7-6-14(8-24)22-19(20)21/h10-14,16,26H,6-9H2,1-5H3,(H4,20,21,22)/q+1. The van der Waals surface area contributed by atoms with Crippen molar-refractivity contribution in [2.24, 2.45) is 28.3 Å². The number of quaternary nitrogens is 1. The summed E-state index contributed by atoms with van der Waals surface area (Å²) in [6.07, 6.45) is 0.913. The average molecular weight is 397 g/mol. The first-order valence-corrected chi connectivity index (χ1v) is 9.70.